The molecule has 3 rings (SSSR count). The van der Waals surface area contributed by atoms with Crippen molar-refractivity contribution in [3.63, 3.8) is 0 Å². The molecule has 1 saturated carbocycles. The van der Waals surface area contributed by atoms with Crippen molar-refractivity contribution in [1.82, 2.24) is 5.32 Å². The van der Waals surface area contributed by atoms with Gasteiger partial charge in [0.25, 0.3) is 0 Å². The van der Waals surface area contributed by atoms with Gasteiger partial charge in [0.2, 0.25) is 0 Å². The summed E-state index contributed by atoms with van der Waals surface area (Å²) in [6.45, 7) is 2.51. The van der Waals surface area contributed by atoms with Gasteiger partial charge in [-0.05, 0) is 31.4 Å². The van der Waals surface area contributed by atoms with E-state index in [1.807, 2.05) is 30.3 Å². The second kappa shape index (κ2) is 8.30. The van der Waals surface area contributed by atoms with E-state index in [-0.39, 0.29) is 12.0 Å². The standard InChI is InChI=1S/C19H29NO4/c21-18-15(13-20-14-19(22)9-11-23-12-10-19)5-4-8-17(18)24-16-6-2-1-3-7-16/h1-3,6-7,15,17-18,20-22H,4-5,8-14H2/t15-,17-,18-/m1/s1. The summed E-state index contributed by atoms with van der Waals surface area (Å²) in [6.07, 6.45) is 3.65. The zero-order chi connectivity index (χ0) is 16.8. The number of ether oxygens (including phenoxy) is 2. The fourth-order valence-electron chi connectivity index (χ4n) is 3.67. The molecule has 1 aromatic rings. The molecule has 0 radical (unpaired) electrons. The third-order valence-electron chi connectivity index (χ3n) is 5.24. The summed E-state index contributed by atoms with van der Waals surface area (Å²) in [7, 11) is 0. The van der Waals surface area contributed by atoms with Crippen LogP contribution in [0.25, 0.3) is 0 Å². The number of aliphatic hydroxyl groups is 2. The van der Waals surface area contributed by atoms with Crippen molar-refractivity contribution in [1.29, 1.82) is 0 Å². The molecule has 0 aromatic heterocycles. The predicted molar refractivity (Wildman–Crippen MR) is 92.1 cm³/mol. The van der Waals surface area contributed by atoms with Crippen LogP contribution in [-0.2, 0) is 4.74 Å². The molecule has 2 fully saturated rings. The Morgan fingerprint density at radius 1 is 1.17 bits per heavy atom. The second-order valence-electron chi connectivity index (χ2n) is 7.12. The molecule has 134 valence electrons. The van der Waals surface area contributed by atoms with Gasteiger partial charge in [-0.1, -0.05) is 18.2 Å². The molecule has 0 spiro atoms. The Morgan fingerprint density at radius 3 is 2.67 bits per heavy atom. The number of aliphatic hydroxyl groups excluding tert-OH is 1. The van der Waals surface area contributed by atoms with E-state index in [9.17, 15) is 10.2 Å². The van der Waals surface area contributed by atoms with Gasteiger partial charge in [-0.15, -0.1) is 0 Å². The minimum absolute atomic E-state index is 0.154. The molecule has 3 atom stereocenters. The maximum Gasteiger partial charge on any atom is 0.125 e. The van der Waals surface area contributed by atoms with Crippen LogP contribution in [0.5, 0.6) is 5.75 Å². The molecule has 0 amide bonds. The predicted octanol–water partition coefficient (Wildman–Crippen LogP) is 1.73. The minimum atomic E-state index is -0.669. The Hall–Kier alpha value is -1.14. The topological polar surface area (TPSA) is 71.0 Å². The van der Waals surface area contributed by atoms with Crippen molar-refractivity contribution in [2.75, 3.05) is 26.3 Å². The first-order chi connectivity index (χ1) is 11.7. The largest absolute Gasteiger partial charge is 0.488 e. The van der Waals surface area contributed by atoms with Crippen molar-refractivity contribution in [2.24, 2.45) is 5.92 Å². The lowest BCUT2D eigenvalue weighted by atomic mass is 9.84. The SMILES string of the molecule is O[C@@H]1[C@@H](CNCC2(O)CCOCC2)CCC[C@H]1Oc1ccccc1. The van der Waals surface area contributed by atoms with E-state index < -0.39 is 11.7 Å². The van der Waals surface area contributed by atoms with Gasteiger partial charge in [0.05, 0.1) is 11.7 Å². The smallest absolute Gasteiger partial charge is 0.125 e. The first-order valence-electron chi connectivity index (χ1n) is 9.07. The first kappa shape index (κ1) is 17.7. The third-order valence-corrected chi connectivity index (χ3v) is 5.24. The Kier molecular flexibility index (Phi) is 6.11. The normalized spacial score (nSPS) is 30.0. The third kappa shape index (κ3) is 4.70. The van der Waals surface area contributed by atoms with Gasteiger partial charge < -0.3 is 25.0 Å². The number of hydrogen-bond donors (Lipinski definition) is 3. The summed E-state index contributed by atoms with van der Waals surface area (Å²) in [4.78, 5) is 0. The van der Waals surface area contributed by atoms with Crippen LogP contribution in [0.15, 0.2) is 30.3 Å². The van der Waals surface area contributed by atoms with Gasteiger partial charge in [0.1, 0.15) is 11.9 Å². The van der Waals surface area contributed by atoms with Crippen LogP contribution in [0.4, 0.5) is 0 Å². The molecular formula is C19H29NO4. The maximum absolute atomic E-state index is 10.6. The number of para-hydroxylation sites is 1. The second-order valence-corrected chi connectivity index (χ2v) is 7.12. The highest BCUT2D eigenvalue weighted by atomic mass is 16.5. The van der Waals surface area contributed by atoms with Crippen LogP contribution < -0.4 is 10.1 Å². The number of rotatable bonds is 6. The van der Waals surface area contributed by atoms with E-state index >= 15 is 0 Å². The summed E-state index contributed by atoms with van der Waals surface area (Å²) in [5.41, 5.74) is -0.669. The Bertz CT molecular complexity index is 489. The molecule has 1 aliphatic heterocycles. The van der Waals surface area contributed by atoms with E-state index in [0.717, 1.165) is 25.0 Å². The van der Waals surface area contributed by atoms with Crippen LogP contribution in [0.3, 0.4) is 0 Å². The van der Waals surface area contributed by atoms with E-state index in [1.54, 1.807) is 0 Å². The summed E-state index contributed by atoms with van der Waals surface area (Å²) >= 11 is 0. The van der Waals surface area contributed by atoms with Gasteiger partial charge in [0.15, 0.2) is 0 Å². The van der Waals surface area contributed by atoms with Gasteiger partial charge in [-0.25, -0.2) is 0 Å². The molecule has 0 bridgehead atoms. The van der Waals surface area contributed by atoms with Gasteiger partial charge in [-0.2, -0.15) is 0 Å². The quantitative estimate of drug-likeness (QED) is 0.738. The lowest BCUT2D eigenvalue weighted by Gasteiger charge is -2.36. The van der Waals surface area contributed by atoms with Crippen molar-refractivity contribution in [2.45, 2.75) is 49.9 Å². The lowest BCUT2D eigenvalue weighted by molar-refractivity contribution is -0.0650. The number of benzene rings is 1. The average Bonchev–Trinajstić information content (AvgIpc) is 2.60. The van der Waals surface area contributed by atoms with E-state index in [2.05, 4.69) is 5.32 Å². The van der Waals surface area contributed by atoms with Gasteiger partial charge in [-0.3, -0.25) is 0 Å². The molecule has 5 heteroatoms. The van der Waals surface area contributed by atoms with Gasteiger partial charge >= 0.3 is 0 Å². The highest BCUT2D eigenvalue weighted by molar-refractivity contribution is 5.21. The molecule has 1 heterocycles. The molecule has 1 saturated heterocycles. The average molecular weight is 335 g/mol. The maximum atomic E-state index is 10.6. The zero-order valence-electron chi connectivity index (χ0n) is 14.2. The summed E-state index contributed by atoms with van der Waals surface area (Å²) in [6, 6.07) is 9.69. The monoisotopic (exact) mass is 335 g/mol. The van der Waals surface area contributed by atoms with Crippen LogP contribution >= 0.6 is 0 Å². The van der Waals surface area contributed by atoms with Crippen LogP contribution in [-0.4, -0.2) is 54.3 Å². The molecule has 0 unspecified atom stereocenters. The van der Waals surface area contributed by atoms with Crippen LogP contribution in [0, 0.1) is 5.92 Å². The van der Waals surface area contributed by atoms with E-state index in [4.69, 9.17) is 9.47 Å². The van der Waals surface area contributed by atoms with Crippen LogP contribution in [0.1, 0.15) is 32.1 Å². The lowest BCUT2D eigenvalue weighted by Crippen LogP contribution is -2.49. The molecule has 1 aliphatic carbocycles. The molecule has 3 N–H and O–H groups in total. The Morgan fingerprint density at radius 2 is 1.92 bits per heavy atom. The number of hydrogen-bond acceptors (Lipinski definition) is 5. The molecule has 1 aromatic carbocycles. The fraction of sp³-hybridized carbons (Fsp3) is 0.684. The minimum Gasteiger partial charge on any atom is -0.488 e. The highest BCUT2D eigenvalue weighted by Gasteiger charge is 2.34. The Labute approximate surface area is 144 Å². The van der Waals surface area contributed by atoms with Crippen molar-refractivity contribution >= 4 is 0 Å². The molecule has 2 aliphatic rings. The van der Waals surface area contributed by atoms with Crippen molar-refractivity contribution < 1.29 is 19.7 Å². The van der Waals surface area contributed by atoms with E-state index in [0.29, 0.717) is 39.1 Å². The molecule has 24 heavy (non-hydrogen) atoms. The summed E-state index contributed by atoms with van der Waals surface area (Å²) in [5, 5.41) is 24.5. The van der Waals surface area contributed by atoms with Crippen molar-refractivity contribution in [3.05, 3.63) is 30.3 Å². The molecular weight excluding hydrogens is 306 g/mol. The molecule has 5 nitrogen and oxygen atoms in total. The van der Waals surface area contributed by atoms with E-state index in [1.165, 1.54) is 0 Å². The summed E-state index contributed by atoms with van der Waals surface area (Å²) in [5.74, 6) is 0.975. The first-order valence-corrected chi connectivity index (χ1v) is 9.07. The summed E-state index contributed by atoms with van der Waals surface area (Å²) < 4.78 is 11.3. The fourth-order valence-corrected chi connectivity index (χ4v) is 3.67. The zero-order valence-corrected chi connectivity index (χ0v) is 14.2. The van der Waals surface area contributed by atoms with Crippen LogP contribution in [0.2, 0.25) is 0 Å². The number of nitrogens with one attached hydrogen (secondary N) is 1. The van der Waals surface area contributed by atoms with Crippen molar-refractivity contribution in [3.8, 4) is 5.75 Å². The highest BCUT2D eigenvalue weighted by Crippen LogP contribution is 2.28. The Balaban J connectivity index is 1.47. The van der Waals surface area contributed by atoms with Gasteiger partial charge in [0, 0.05) is 45.1 Å².